The molecular formula is C16H22N2OS. The Kier molecular flexibility index (Phi) is 3.36. The third-order valence-corrected chi connectivity index (χ3v) is 4.55. The molecule has 0 bridgehead atoms. The van der Waals surface area contributed by atoms with Crippen LogP contribution in [0.5, 0.6) is 5.75 Å². The molecule has 1 aromatic heterocycles. The number of benzene rings is 1. The normalized spacial score (nSPS) is 18.0. The molecule has 20 heavy (non-hydrogen) atoms. The Bertz CT molecular complexity index is 677. The third-order valence-electron chi connectivity index (χ3n) is 4.26. The smallest absolute Gasteiger partial charge is 0.178 e. The van der Waals surface area contributed by atoms with Crippen LogP contribution < -0.4 is 4.74 Å². The van der Waals surface area contributed by atoms with Crippen LogP contribution in [0.25, 0.3) is 11.0 Å². The van der Waals surface area contributed by atoms with Gasteiger partial charge in [-0.05, 0) is 58.0 Å². The Labute approximate surface area is 125 Å². The molecule has 3 nitrogen and oxygen atoms in total. The van der Waals surface area contributed by atoms with Crippen molar-refractivity contribution in [3.8, 4) is 5.75 Å². The van der Waals surface area contributed by atoms with Crippen LogP contribution in [0.4, 0.5) is 0 Å². The molecule has 1 fully saturated rings. The molecule has 3 rings (SSSR count). The molecule has 1 aromatic carbocycles. The second kappa shape index (κ2) is 4.92. The third kappa shape index (κ3) is 2.16. The number of rotatable bonds is 3. The fourth-order valence-electron chi connectivity index (χ4n) is 3.35. The van der Waals surface area contributed by atoms with Crippen LogP contribution in [0.1, 0.15) is 46.5 Å². The van der Waals surface area contributed by atoms with Gasteiger partial charge in [0.25, 0.3) is 0 Å². The maximum Gasteiger partial charge on any atom is 0.178 e. The number of fused-ring (bicyclic) bond motifs is 1. The Morgan fingerprint density at radius 3 is 2.65 bits per heavy atom. The molecule has 108 valence electrons. The number of hydrogen-bond acceptors (Lipinski definition) is 2. The van der Waals surface area contributed by atoms with Gasteiger partial charge in [0.2, 0.25) is 0 Å². The summed E-state index contributed by atoms with van der Waals surface area (Å²) in [5.74, 6) is 0.893. The number of aromatic nitrogens is 2. The SMILES string of the molecule is CC(C)Oc1cccc2c1[nH]c(=S)n2C1(C)CCCC1. The van der Waals surface area contributed by atoms with E-state index in [9.17, 15) is 0 Å². The summed E-state index contributed by atoms with van der Waals surface area (Å²) in [6.45, 7) is 6.41. The summed E-state index contributed by atoms with van der Waals surface area (Å²) in [4.78, 5) is 3.36. The highest BCUT2D eigenvalue weighted by Gasteiger charge is 2.32. The quantitative estimate of drug-likeness (QED) is 0.825. The van der Waals surface area contributed by atoms with Crippen LogP contribution in [-0.4, -0.2) is 15.7 Å². The van der Waals surface area contributed by atoms with Crippen molar-refractivity contribution >= 4 is 23.3 Å². The zero-order chi connectivity index (χ0) is 14.3. The molecule has 0 aliphatic heterocycles. The number of H-pyrrole nitrogens is 1. The fourth-order valence-corrected chi connectivity index (χ4v) is 3.77. The number of para-hydroxylation sites is 1. The number of imidazole rings is 1. The highest BCUT2D eigenvalue weighted by molar-refractivity contribution is 7.71. The molecule has 0 spiro atoms. The van der Waals surface area contributed by atoms with Gasteiger partial charge >= 0.3 is 0 Å². The first-order valence-electron chi connectivity index (χ1n) is 7.42. The van der Waals surface area contributed by atoms with E-state index >= 15 is 0 Å². The summed E-state index contributed by atoms with van der Waals surface area (Å²) in [6.07, 6.45) is 5.13. The Morgan fingerprint density at radius 2 is 2.00 bits per heavy atom. The van der Waals surface area contributed by atoms with Gasteiger partial charge in [-0.2, -0.15) is 0 Å². The highest BCUT2D eigenvalue weighted by Crippen LogP contribution is 2.39. The number of aromatic amines is 1. The van der Waals surface area contributed by atoms with E-state index in [-0.39, 0.29) is 11.6 Å². The molecular weight excluding hydrogens is 268 g/mol. The lowest BCUT2D eigenvalue weighted by molar-refractivity contribution is 0.245. The van der Waals surface area contributed by atoms with Gasteiger partial charge in [0.1, 0.15) is 11.3 Å². The lowest BCUT2D eigenvalue weighted by Gasteiger charge is -2.26. The first-order chi connectivity index (χ1) is 9.51. The predicted octanol–water partition coefficient (Wildman–Crippen LogP) is 4.78. The van der Waals surface area contributed by atoms with E-state index in [2.05, 4.69) is 28.6 Å². The van der Waals surface area contributed by atoms with Gasteiger partial charge in [-0.3, -0.25) is 0 Å². The number of ether oxygens (including phenoxy) is 1. The van der Waals surface area contributed by atoms with Crippen LogP contribution in [0.3, 0.4) is 0 Å². The summed E-state index contributed by atoms with van der Waals surface area (Å²) in [5.41, 5.74) is 2.34. The lowest BCUT2D eigenvalue weighted by Crippen LogP contribution is -2.26. The van der Waals surface area contributed by atoms with E-state index in [1.807, 2.05) is 19.9 Å². The molecule has 0 atom stereocenters. The van der Waals surface area contributed by atoms with Gasteiger partial charge in [-0.25, -0.2) is 0 Å². The Hall–Kier alpha value is -1.29. The zero-order valence-corrected chi connectivity index (χ0v) is 13.2. The standard InChI is InChI=1S/C16H22N2OS/c1-11(2)19-13-8-6-7-12-14(13)17-15(20)18(12)16(3)9-4-5-10-16/h6-8,11H,4-5,9-10H2,1-3H3,(H,17,20). The second-order valence-corrected chi connectivity index (χ2v) is 6.67. The van der Waals surface area contributed by atoms with Crippen LogP contribution in [-0.2, 0) is 5.54 Å². The summed E-state index contributed by atoms with van der Waals surface area (Å²) in [6, 6.07) is 6.20. The average Bonchev–Trinajstić information content (AvgIpc) is 2.93. The van der Waals surface area contributed by atoms with E-state index in [1.165, 1.54) is 25.7 Å². The molecule has 1 heterocycles. The number of hydrogen-bond donors (Lipinski definition) is 1. The molecule has 1 aliphatic rings. The second-order valence-electron chi connectivity index (χ2n) is 6.29. The first-order valence-corrected chi connectivity index (χ1v) is 7.83. The molecule has 0 unspecified atom stereocenters. The van der Waals surface area contributed by atoms with Crippen LogP contribution in [0.2, 0.25) is 0 Å². The predicted molar refractivity (Wildman–Crippen MR) is 85.0 cm³/mol. The zero-order valence-electron chi connectivity index (χ0n) is 12.4. The van der Waals surface area contributed by atoms with Crippen molar-refractivity contribution in [3.63, 3.8) is 0 Å². The Morgan fingerprint density at radius 1 is 1.30 bits per heavy atom. The minimum absolute atomic E-state index is 0.145. The molecule has 1 N–H and O–H groups in total. The molecule has 1 saturated carbocycles. The van der Waals surface area contributed by atoms with Gasteiger partial charge in [-0.15, -0.1) is 0 Å². The van der Waals surface area contributed by atoms with Crippen molar-refractivity contribution in [2.75, 3.05) is 0 Å². The van der Waals surface area contributed by atoms with Gasteiger partial charge in [0.05, 0.1) is 11.6 Å². The summed E-state index contributed by atoms with van der Waals surface area (Å²) >= 11 is 5.59. The molecule has 2 aromatic rings. The maximum atomic E-state index is 5.90. The Balaban J connectivity index is 2.19. The van der Waals surface area contributed by atoms with Crippen molar-refractivity contribution in [1.29, 1.82) is 0 Å². The highest BCUT2D eigenvalue weighted by atomic mass is 32.1. The number of nitrogens with one attached hydrogen (secondary N) is 1. The van der Waals surface area contributed by atoms with Gasteiger partial charge < -0.3 is 14.3 Å². The topological polar surface area (TPSA) is 29.9 Å². The van der Waals surface area contributed by atoms with E-state index in [0.29, 0.717) is 0 Å². The molecule has 1 aliphatic carbocycles. The van der Waals surface area contributed by atoms with E-state index in [1.54, 1.807) is 0 Å². The minimum Gasteiger partial charge on any atom is -0.489 e. The minimum atomic E-state index is 0.145. The molecule has 4 heteroatoms. The van der Waals surface area contributed by atoms with E-state index in [4.69, 9.17) is 17.0 Å². The molecule has 0 amide bonds. The van der Waals surface area contributed by atoms with Gasteiger partial charge in [0.15, 0.2) is 4.77 Å². The monoisotopic (exact) mass is 290 g/mol. The van der Waals surface area contributed by atoms with Crippen LogP contribution in [0, 0.1) is 4.77 Å². The lowest BCUT2D eigenvalue weighted by atomic mass is 10.00. The summed E-state index contributed by atoms with van der Waals surface area (Å²) in [7, 11) is 0. The van der Waals surface area contributed by atoms with Crippen molar-refractivity contribution in [2.45, 2.75) is 58.1 Å². The van der Waals surface area contributed by atoms with E-state index in [0.717, 1.165) is 21.6 Å². The van der Waals surface area contributed by atoms with Crippen molar-refractivity contribution in [3.05, 3.63) is 23.0 Å². The molecule has 0 saturated heterocycles. The maximum absolute atomic E-state index is 5.90. The average molecular weight is 290 g/mol. The number of nitrogens with zero attached hydrogens (tertiary/aromatic N) is 1. The van der Waals surface area contributed by atoms with Crippen molar-refractivity contribution in [1.82, 2.24) is 9.55 Å². The largest absolute Gasteiger partial charge is 0.489 e. The van der Waals surface area contributed by atoms with Crippen LogP contribution >= 0.6 is 12.2 Å². The first kappa shape index (κ1) is 13.7. The van der Waals surface area contributed by atoms with Crippen molar-refractivity contribution < 1.29 is 4.74 Å². The van der Waals surface area contributed by atoms with Gasteiger partial charge in [-0.1, -0.05) is 18.9 Å². The van der Waals surface area contributed by atoms with Crippen LogP contribution in [0.15, 0.2) is 18.2 Å². The summed E-state index contributed by atoms with van der Waals surface area (Å²) in [5, 5.41) is 0. The van der Waals surface area contributed by atoms with E-state index < -0.39 is 0 Å². The van der Waals surface area contributed by atoms with Crippen molar-refractivity contribution in [2.24, 2.45) is 0 Å². The summed E-state index contributed by atoms with van der Waals surface area (Å²) < 4.78 is 9.01. The molecule has 0 radical (unpaired) electrons. The van der Waals surface area contributed by atoms with Gasteiger partial charge in [0, 0.05) is 5.54 Å². The fraction of sp³-hybridized carbons (Fsp3) is 0.562.